The molecule has 0 radical (unpaired) electrons. The van der Waals surface area contributed by atoms with Gasteiger partial charge in [-0.05, 0) is 36.8 Å². The van der Waals surface area contributed by atoms with Crippen molar-refractivity contribution in [2.45, 2.75) is 13.0 Å². The van der Waals surface area contributed by atoms with Gasteiger partial charge in [-0.3, -0.25) is 4.79 Å². The largest absolute Gasteiger partial charge is 0.497 e. The summed E-state index contributed by atoms with van der Waals surface area (Å²) in [5.41, 5.74) is 0.696. The highest BCUT2D eigenvalue weighted by Gasteiger charge is 2.17. The van der Waals surface area contributed by atoms with Crippen LogP contribution < -0.4 is 10.1 Å². The maximum Gasteiger partial charge on any atom is 0.253 e. The van der Waals surface area contributed by atoms with E-state index in [9.17, 15) is 13.6 Å². The molecule has 0 aliphatic carbocycles. The summed E-state index contributed by atoms with van der Waals surface area (Å²) >= 11 is 5.79. The molecular formula is C16H14ClF2NO2. The Bertz CT molecular complexity index is 707. The molecule has 2 aromatic carbocycles. The van der Waals surface area contributed by atoms with Crippen molar-refractivity contribution in [3.05, 3.63) is 64.2 Å². The Labute approximate surface area is 131 Å². The highest BCUT2D eigenvalue weighted by Crippen LogP contribution is 2.22. The molecule has 0 saturated heterocycles. The normalized spacial score (nSPS) is 11.9. The van der Waals surface area contributed by atoms with Crippen LogP contribution >= 0.6 is 11.6 Å². The van der Waals surface area contributed by atoms with E-state index in [1.807, 2.05) is 6.07 Å². The summed E-state index contributed by atoms with van der Waals surface area (Å²) in [6.07, 6.45) is 0. The van der Waals surface area contributed by atoms with Gasteiger partial charge >= 0.3 is 0 Å². The van der Waals surface area contributed by atoms with E-state index in [1.165, 1.54) is 0 Å². The molecule has 0 aliphatic heterocycles. The van der Waals surface area contributed by atoms with Gasteiger partial charge in [0.2, 0.25) is 0 Å². The summed E-state index contributed by atoms with van der Waals surface area (Å²) in [6.45, 7) is 1.76. The van der Waals surface area contributed by atoms with Crippen LogP contribution in [0, 0.1) is 11.6 Å². The van der Waals surface area contributed by atoms with E-state index in [0.29, 0.717) is 5.75 Å². The quantitative estimate of drug-likeness (QED) is 0.859. The van der Waals surface area contributed by atoms with Gasteiger partial charge in [-0.25, -0.2) is 8.78 Å². The van der Waals surface area contributed by atoms with Crippen molar-refractivity contribution >= 4 is 17.5 Å². The van der Waals surface area contributed by atoms with E-state index in [2.05, 4.69) is 5.32 Å². The third-order valence-corrected chi connectivity index (χ3v) is 3.51. The van der Waals surface area contributed by atoms with E-state index in [0.717, 1.165) is 17.7 Å². The first-order valence-electron chi connectivity index (χ1n) is 6.51. The molecule has 116 valence electrons. The molecule has 0 saturated carbocycles. The number of ether oxygens (including phenoxy) is 1. The number of halogens is 3. The molecular weight excluding hydrogens is 312 g/mol. The number of nitrogens with one attached hydrogen (secondary N) is 1. The lowest BCUT2D eigenvalue weighted by atomic mass is 10.1. The van der Waals surface area contributed by atoms with Crippen molar-refractivity contribution in [2.24, 2.45) is 0 Å². The fourth-order valence-corrected chi connectivity index (χ4v) is 2.20. The molecule has 0 bridgehead atoms. The molecule has 0 spiro atoms. The summed E-state index contributed by atoms with van der Waals surface area (Å²) < 4.78 is 31.4. The van der Waals surface area contributed by atoms with E-state index in [4.69, 9.17) is 16.3 Å². The van der Waals surface area contributed by atoms with Crippen LogP contribution in [0.5, 0.6) is 5.75 Å². The van der Waals surface area contributed by atoms with Crippen molar-refractivity contribution in [1.29, 1.82) is 0 Å². The first-order chi connectivity index (χ1) is 10.4. The first-order valence-corrected chi connectivity index (χ1v) is 6.89. The van der Waals surface area contributed by atoms with E-state index in [-0.39, 0.29) is 16.6 Å². The molecule has 1 amide bonds. The van der Waals surface area contributed by atoms with E-state index in [1.54, 1.807) is 32.2 Å². The van der Waals surface area contributed by atoms with Crippen molar-refractivity contribution in [3.63, 3.8) is 0 Å². The van der Waals surface area contributed by atoms with Gasteiger partial charge in [-0.15, -0.1) is 0 Å². The minimum Gasteiger partial charge on any atom is -0.497 e. The Morgan fingerprint density at radius 2 is 1.91 bits per heavy atom. The SMILES string of the molecule is COc1cccc([C@@H](C)NC(=O)c2cc(F)c(F)cc2Cl)c1. The van der Waals surface area contributed by atoms with Gasteiger partial charge < -0.3 is 10.1 Å². The lowest BCUT2D eigenvalue weighted by molar-refractivity contribution is 0.0939. The average molecular weight is 326 g/mol. The molecule has 2 aromatic rings. The highest BCUT2D eigenvalue weighted by atomic mass is 35.5. The highest BCUT2D eigenvalue weighted by molar-refractivity contribution is 6.33. The average Bonchev–Trinajstić information content (AvgIpc) is 2.50. The Morgan fingerprint density at radius 3 is 2.59 bits per heavy atom. The van der Waals surface area contributed by atoms with Crippen LogP contribution in [0.25, 0.3) is 0 Å². The first kappa shape index (κ1) is 16.2. The second kappa shape index (κ2) is 6.75. The smallest absolute Gasteiger partial charge is 0.253 e. The van der Waals surface area contributed by atoms with Gasteiger partial charge in [0.05, 0.1) is 23.7 Å². The number of methoxy groups -OCH3 is 1. The lowest BCUT2D eigenvalue weighted by Gasteiger charge is -2.16. The Hall–Kier alpha value is -2.14. The molecule has 6 heteroatoms. The van der Waals surface area contributed by atoms with E-state index >= 15 is 0 Å². The zero-order valence-electron chi connectivity index (χ0n) is 12.0. The molecule has 1 N–H and O–H groups in total. The molecule has 3 nitrogen and oxygen atoms in total. The Morgan fingerprint density at radius 1 is 1.23 bits per heavy atom. The minimum atomic E-state index is -1.12. The third-order valence-electron chi connectivity index (χ3n) is 3.20. The molecule has 2 rings (SSSR count). The zero-order chi connectivity index (χ0) is 16.3. The van der Waals surface area contributed by atoms with E-state index < -0.39 is 17.5 Å². The van der Waals surface area contributed by atoms with Gasteiger partial charge in [0.15, 0.2) is 11.6 Å². The van der Waals surface area contributed by atoms with Crippen LogP contribution in [0.4, 0.5) is 8.78 Å². The number of amides is 1. The van der Waals surface area contributed by atoms with Crippen molar-refractivity contribution < 1.29 is 18.3 Å². The molecule has 0 heterocycles. The molecule has 1 atom stereocenters. The summed E-state index contributed by atoms with van der Waals surface area (Å²) in [7, 11) is 1.55. The van der Waals surface area contributed by atoms with Gasteiger partial charge in [0, 0.05) is 0 Å². The second-order valence-electron chi connectivity index (χ2n) is 4.72. The predicted octanol–water partition coefficient (Wildman–Crippen LogP) is 4.12. The maximum atomic E-state index is 13.2. The van der Waals surface area contributed by atoms with Crippen LogP contribution in [-0.2, 0) is 0 Å². The van der Waals surface area contributed by atoms with Gasteiger partial charge in [-0.2, -0.15) is 0 Å². The minimum absolute atomic E-state index is 0.115. The molecule has 0 aromatic heterocycles. The summed E-state index contributed by atoms with van der Waals surface area (Å²) in [6, 6.07) is 8.38. The van der Waals surface area contributed by atoms with Gasteiger partial charge in [0.1, 0.15) is 5.75 Å². The molecule has 0 unspecified atom stereocenters. The van der Waals surface area contributed by atoms with Crippen molar-refractivity contribution in [1.82, 2.24) is 5.32 Å². The number of hydrogen-bond donors (Lipinski definition) is 1. The van der Waals surface area contributed by atoms with Crippen LogP contribution in [0.1, 0.15) is 28.9 Å². The second-order valence-corrected chi connectivity index (χ2v) is 5.13. The van der Waals surface area contributed by atoms with Gasteiger partial charge in [-0.1, -0.05) is 23.7 Å². The van der Waals surface area contributed by atoms with Crippen molar-refractivity contribution in [2.75, 3.05) is 7.11 Å². The predicted molar refractivity (Wildman–Crippen MR) is 80.2 cm³/mol. The molecule has 22 heavy (non-hydrogen) atoms. The topological polar surface area (TPSA) is 38.3 Å². The summed E-state index contributed by atoms with van der Waals surface area (Å²) in [4.78, 5) is 12.2. The maximum absolute atomic E-state index is 13.2. The summed E-state index contributed by atoms with van der Waals surface area (Å²) in [5, 5.41) is 2.54. The monoisotopic (exact) mass is 325 g/mol. The van der Waals surface area contributed by atoms with Crippen molar-refractivity contribution in [3.8, 4) is 5.75 Å². The fourth-order valence-electron chi connectivity index (χ4n) is 1.97. The number of carbonyl (C=O) groups excluding carboxylic acids is 1. The lowest BCUT2D eigenvalue weighted by Crippen LogP contribution is -2.27. The summed E-state index contributed by atoms with van der Waals surface area (Å²) in [5.74, 6) is -2.14. The van der Waals surface area contributed by atoms with Crippen LogP contribution in [0.15, 0.2) is 36.4 Å². The fraction of sp³-hybridized carbons (Fsp3) is 0.188. The van der Waals surface area contributed by atoms with Gasteiger partial charge in [0.25, 0.3) is 5.91 Å². The van der Waals surface area contributed by atoms with Crippen LogP contribution in [0.3, 0.4) is 0 Å². The number of benzene rings is 2. The number of hydrogen-bond acceptors (Lipinski definition) is 2. The number of carbonyl (C=O) groups is 1. The Balaban J connectivity index is 2.19. The van der Waals surface area contributed by atoms with Crippen LogP contribution in [0.2, 0.25) is 5.02 Å². The third kappa shape index (κ3) is 3.54. The van der Waals surface area contributed by atoms with Crippen LogP contribution in [-0.4, -0.2) is 13.0 Å². The number of rotatable bonds is 4. The standard InChI is InChI=1S/C16H14ClF2NO2/c1-9(10-4-3-5-11(6-10)22-2)20-16(21)12-7-14(18)15(19)8-13(12)17/h3-9H,1-2H3,(H,20,21)/t9-/m1/s1. The molecule has 0 aliphatic rings. The Kier molecular flexibility index (Phi) is 4.98. The molecule has 0 fully saturated rings. The zero-order valence-corrected chi connectivity index (χ0v) is 12.7.